The summed E-state index contributed by atoms with van der Waals surface area (Å²) in [6.45, 7) is 0.641. The fraction of sp³-hybridized carbons (Fsp3) is 0.333. The van der Waals surface area contributed by atoms with E-state index in [1.54, 1.807) is 17.1 Å². The largest absolute Gasteiger partial charge is 0.492 e. The number of pyridine rings is 1. The van der Waals surface area contributed by atoms with Crippen LogP contribution < -0.4 is 4.74 Å². The van der Waals surface area contributed by atoms with E-state index in [4.69, 9.17) is 9.84 Å². The van der Waals surface area contributed by atoms with Crippen LogP contribution >= 0.6 is 0 Å². The Kier molecular flexibility index (Phi) is 5.15. The van der Waals surface area contributed by atoms with Gasteiger partial charge in [-0.3, -0.25) is 9.67 Å². The smallest absolute Gasteiger partial charge is 0.138 e. The summed E-state index contributed by atoms with van der Waals surface area (Å²) >= 11 is 0. The zero-order valence-electron chi connectivity index (χ0n) is 11.4. The lowest BCUT2D eigenvalue weighted by molar-refractivity contribution is 0.305. The zero-order valence-corrected chi connectivity index (χ0v) is 11.4. The molecule has 0 aliphatic rings. The van der Waals surface area contributed by atoms with Gasteiger partial charge in [0.25, 0.3) is 0 Å². The molecule has 0 atom stereocenters. The average molecular weight is 271 g/mol. The molecule has 0 unspecified atom stereocenters. The average Bonchev–Trinajstić information content (AvgIpc) is 2.85. The third kappa shape index (κ3) is 4.41. The highest BCUT2D eigenvalue weighted by Crippen LogP contribution is 2.11. The van der Waals surface area contributed by atoms with E-state index in [9.17, 15) is 0 Å². The van der Waals surface area contributed by atoms with Gasteiger partial charge >= 0.3 is 0 Å². The molecule has 20 heavy (non-hydrogen) atoms. The van der Waals surface area contributed by atoms with Crippen molar-refractivity contribution in [3.8, 4) is 17.6 Å². The molecule has 0 aliphatic carbocycles. The van der Waals surface area contributed by atoms with Crippen LogP contribution in [0.3, 0.4) is 0 Å². The van der Waals surface area contributed by atoms with E-state index in [-0.39, 0.29) is 6.61 Å². The minimum atomic E-state index is 0.0712. The van der Waals surface area contributed by atoms with Gasteiger partial charge in [0.1, 0.15) is 5.75 Å². The van der Waals surface area contributed by atoms with Gasteiger partial charge in [0.2, 0.25) is 0 Å². The van der Waals surface area contributed by atoms with Gasteiger partial charge in [0.15, 0.2) is 0 Å². The minimum Gasteiger partial charge on any atom is -0.492 e. The maximum absolute atomic E-state index is 8.68. The van der Waals surface area contributed by atoms with Crippen molar-refractivity contribution in [2.45, 2.75) is 12.8 Å². The van der Waals surface area contributed by atoms with Gasteiger partial charge in [-0.25, -0.2) is 0 Å². The van der Waals surface area contributed by atoms with Crippen LogP contribution in [0, 0.1) is 11.8 Å². The topological polar surface area (TPSA) is 60.2 Å². The second kappa shape index (κ2) is 7.31. The van der Waals surface area contributed by atoms with E-state index in [1.807, 2.05) is 25.5 Å². The second-order valence-electron chi connectivity index (χ2n) is 4.31. The number of rotatable bonds is 5. The van der Waals surface area contributed by atoms with Gasteiger partial charge in [-0.1, -0.05) is 11.8 Å². The number of ether oxygens (including phenoxy) is 1. The van der Waals surface area contributed by atoms with Crippen molar-refractivity contribution in [2.24, 2.45) is 7.05 Å². The molecule has 0 aliphatic heterocycles. The van der Waals surface area contributed by atoms with Crippen molar-refractivity contribution in [3.05, 3.63) is 42.0 Å². The van der Waals surface area contributed by atoms with Gasteiger partial charge < -0.3 is 9.84 Å². The first-order valence-electron chi connectivity index (χ1n) is 6.43. The van der Waals surface area contributed by atoms with Crippen molar-refractivity contribution in [1.82, 2.24) is 14.8 Å². The van der Waals surface area contributed by atoms with Gasteiger partial charge in [0, 0.05) is 37.8 Å². The van der Waals surface area contributed by atoms with Gasteiger partial charge in [-0.2, -0.15) is 5.10 Å². The monoisotopic (exact) mass is 271 g/mol. The van der Waals surface area contributed by atoms with Crippen LogP contribution in [0.1, 0.15) is 17.5 Å². The molecule has 2 aromatic heterocycles. The molecule has 0 spiro atoms. The number of hydrogen-bond acceptors (Lipinski definition) is 4. The van der Waals surface area contributed by atoms with Crippen molar-refractivity contribution in [2.75, 3.05) is 13.2 Å². The third-order valence-electron chi connectivity index (χ3n) is 2.60. The fourth-order valence-electron chi connectivity index (χ4n) is 1.67. The summed E-state index contributed by atoms with van der Waals surface area (Å²) in [7, 11) is 1.89. The van der Waals surface area contributed by atoms with Crippen molar-refractivity contribution >= 4 is 0 Å². The molecule has 2 heterocycles. The number of aromatic nitrogens is 3. The molecule has 0 saturated carbocycles. The first kappa shape index (κ1) is 14.1. The van der Waals surface area contributed by atoms with Crippen LogP contribution in [0.25, 0.3) is 0 Å². The van der Waals surface area contributed by atoms with Crippen molar-refractivity contribution in [1.29, 1.82) is 0 Å². The van der Waals surface area contributed by atoms with Crippen LogP contribution in [0.5, 0.6) is 5.75 Å². The molecule has 104 valence electrons. The molecular weight excluding hydrogens is 254 g/mol. The zero-order chi connectivity index (χ0) is 14.2. The number of aliphatic hydroxyl groups excluding tert-OH is 1. The fourth-order valence-corrected chi connectivity index (χ4v) is 1.67. The van der Waals surface area contributed by atoms with Crippen LogP contribution in [0.2, 0.25) is 0 Å². The molecule has 2 aromatic rings. The lowest BCUT2D eigenvalue weighted by atomic mass is 10.2. The number of aliphatic hydroxyl groups is 1. The van der Waals surface area contributed by atoms with Crippen molar-refractivity contribution in [3.63, 3.8) is 0 Å². The number of aryl methyl sites for hydroxylation is 1. The Morgan fingerprint density at radius 3 is 3.00 bits per heavy atom. The van der Waals surface area contributed by atoms with Gasteiger partial charge in [-0.15, -0.1) is 0 Å². The summed E-state index contributed by atoms with van der Waals surface area (Å²) in [5.74, 6) is 6.49. The molecule has 0 amide bonds. The van der Waals surface area contributed by atoms with Crippen LogP contribution in [0.4, 0.5) is 0 Å². The van der Waals surface area contributed by atoms with Gasteiger partial charge in [-0.05, 0) is 11.6 Å². The normalized spacial score (nSPS) is 9.90. The van der Waals surface area contributed by atoms with Crippen LogP contribution in [-0.2, 0) is 13.5 Å². The Morgan fingerprint density at radius 1 is 1.35 bits per heavy atom. The molecule has 0 fully saturated rings. The quantitative estimate of drug-likeness (QED) is 0.829. The summed E-state index contributed by atoms with van der Waals surface area (Å²) in [6.07, 6.45) is 8.41. The summed E-state index contributed by atoms with van der Waals surface area (Å²) in [5, 5.41) is 12.8. The highest BCUT2D eigenvalue weighted by molar-refractivity contribution is 5.36. The van der Waals surface area contributed by atoms with E-state index < -0.39 is 0 Å². The Bertz CT molecular complexity index is 611. The molecule has 1 N–H and O–H groups in total. The van der Waals surface area contributed by atoms with E-state index in [2.05, 4.69) is 21.9 Å². The molecule has 0 saturated heterocycles. The summed E-state index contributed by atoms with van der Waals surface area (Å²) in [5.41, 5.74) is 1.93. The third-order valence-corrected chi connectivity index (χ3v) is 2.60. The maximum atomic E-state index is 8.68. The maximum Gasteiger partial charge on any atom is 0.138 e. The standard InChI is InChI=1S/C15H17N3O2/c1-18-12-14(10-17-18)5-7-20-15-8-13(9-16-11-15)4-2-3-6-19/h8-12,19H,3,5-7H2,1H3. The number of hydrogen-bond donors (Lipinski definition) is 1. The Balaban J connectivity index is 1.87. The van der Waals surface area contributed by atoms with E-state index >= 15 is 0 Å². The Labute approximate surface area is 118 Å². The molecule has 0 radical (unpaired) electrons. The molecule has 0 aromatic carbocycles. The molecular formula is C15H17N3O2. The molecule has 5 heteroatoms. The minimum absolute atomic E-state index is 0.0712. The molecule has 2 rings (SSSR count). The SMILES string of the molecule is Cn1cc(CCOc2cncc(C#CCCO)c2)cn1. The second-order valence-corrected chi connectivity index (χ2v) is 4.31. The summed E-state index contributed by atoms with van der Waals surface area (Å²) in [6, 6.07) is 1.85. The lowest BCUT2D eigenvalue weighted by Crippen LogP contribution is -2.01. The van der Waals surface area contributed by atoms with Gasteiger partial charge in [0.05, 0.1) is 25.6 Å². The predicted molar refractivity (Wildman–Crippen MR) is 75.2 cm³/mol. The lowest BCUT2D eigenvalue weighted by Gasteiger charge is -2.04. The highest BCUT2D eigenvalue weighted by Gasteiger charge is 1.99. The van der Waals surface area contributed by atoms with E-state index in [1.165, 1.54) is 0 Å². The van der Waals surface area contributed by atoms with E-state index in [0.29, 0.717) is 18.8 Å². The van der Waals surface area contributed by atoms with Crippen LogP contribution in [-0.4, -0.2) is 33.1 Å². The number of nitrogens with zero attached hydrogens (tertiary/aromatic N) is 3. The molecule has 0 bridgehead atoms. The Hall–Kier alpha value is -2.32. The van der Waals surface area contributed by atoms with Crippen LogP contribution in [0.15, 0.2) is 30.9 Å². The van der Waals surface area contributed by atoms with Crippen molar-refractivity contribution < 1.29 is 9.84 Å². The highest BCUT2D eigenvalue weighted by atomic mass is 16.5. The molecule has 5 nitrogen and oxygen atoms in total. The summed E-state index contributed by atoms with van der Waals surface area (Å²) in [4.78, 5) is 4.09. The predicted octanol–water partition coefficient (Wildman–Crippen LogP) is 1.17. The first-order valence-corrected chi connectivity index (χ1v) is 6.43. The first-order chi connectivity index (χ1) is 9.78. The Morgan fingerprint density at radius 2 is 2.25 bits per heavy atom. The summed E-state index contributed by atoms with van der Waals surface area (Å²) < 4.78 is 7.42. The van der Waals surface area contributed by atoms with E-state index in [0.717, 1.165) is 17.5 Å².